The third-order valence-corrected chi connectivity index (χ3v) is 2.40. The molecule has 0 fully saturated rings. The summed E-state index contributed by atoms with van der Waals surface area (Å²) in [5.41, 5.74) is -0.842. The molecule has 0 saturated heterocycles. The van der Waals surface area contributed by atoms with Crippen LogP contribution in [0.15, 0.2) is 10.9 Å². The molecule has 0 unspecified atom stereocenters. The zero-order valence-electron chi connectivity index (χ0n) is 6.85. The molecule has 0 spiro atoms. The van der Waals surface area contributed by atoms with Gasteiger partial charge >= 0.3 is 0 Å². The van der Waals surface area contributed by atoms with Crippen LogP contribution in [0.4, 0.5) is 8.78 Å². The third-order valence-electron chi connectivity index (χ3n) is 1.60. The highest BCUT2D eigenvalue weighted by atomic mass is 127. The van der Waals surface area contributed by atoms with Crippen LogP contribution in [0.5, 0.6) is 0 Å². The standard InChI is InChI=1S/C8H5F2IN2O/c9-7(10)6-4(1-2-12)3-5(11)8(14)13-6/h3,7H,1H2,(H,13,14). The van der Waals surface area contributed by atoms with Gasteiger partial charge in [0.2, 0.25) is 0 Å². The maximum atomic E-state index is 12.4. The number of halogens is 3. The maximum absolute atomic E-state index is 12.4. The van der Waals surface area contributed by atoms with Crippen molar-refractivity contribution in [3.05, 3.63) is 31.2 Å². The lowest BCUT2D eigenvalue weighted by Gasteiger charge is -2.05. The van der Waals surface area contributed by atoms with Gasteiger partial charge in [-0.15, -0.1) is 0 Å². The summed E-state index contributed by atoms with van der Waals surface area (Å²) in [4.78, 5) is 13.1. The van der Waals surface area contributed by atoms with Crippen LogP contribution < -0.4 is 5.56 Å². The summed E-state index contributed by atoms with van der Waals surface area (Å²) in [5, 5.41) is 8.40. The predicted octanol–water partition coefficient (Wildman–Crippen LogP) is 1.98. The van der Waals surface area contributed by atoms with Crippen molar-refractivity contribution in [1.29, 1.82) is 5.26 Å². The highest BCUT2D eigenvalue weighted by Gasteiger charge is 2.15. The van der Waals surface area contributed by atoms with E-state index in [4.69, 9.17) is 5.26 Å². The summed E-state index contributed by atoms with van der Waals surface area (Å²) in [5.74, 6) is 0. The van der Waals surface area contributed by atoms with Gasteiger partial charge in [0, 0.05) is 0 Å². The summed E-state index contributed by atoms with van der Waals surface area (Å²) in [6.07, 6.45) is -2.89. The van der Waals surface area contributed by atoms with Crippen LogP contribution >= 0.6 is 22.6 Å². The minimum absolute atomic E-state index is 0.132. The minimum Gasteiger partial charge on any atom is -0.320 e. The molecule has 6 heteroatoms. The number of H-pyrrole nitrogens is 1. The number of nitriles is 1. The Morgan fingerprint density at radius 3 is 2.79 bits per heavy atom. The first-order valence-corrected chi connectivity index (χ1v) is 4.71. The van der Waals surface area contributed by atoms with Crippen molar-refractivity contribution in [1.82, 2.24) is 4.98 Å². The number of nitrogens with one attached hydrogen (secondary N) is 1. The van der Waals surface area contributed by atoms with Crippen molar-refractivity contribution in [2.45, 2.75) is 12.8 Å². The highest BCUT2D eigenvalue weighted by molar-refractivity contribution is 14.1. The molecule has 1 rings (SSSR count). The van der Waals surface area contributed by atoms with E-state index in [-0.39, 0.29) is 12.0 Å². The zero-order valence-corrected chi connectivity index (χ0v) is 9.01. The molecule has 0 aliphatic rings. The van der Waals surface area contributed by atoms with Gasteiger partial charge in [-0.05, 0) is 34.2 Å². The molecule has 1 aromatic heterocycles. The Morgan fingerprint density at radius 2 is 2.29 bits per heavy atom. The van der Waals surface area contributed by atoms with E-state index in [0.717, 1.165) is 0 Å². The Labute approximate surface area is 91.9 Å². The first-order valence-electron chi connectivity index (χ1n) is 3.63. The van der Waals surface area contributed by atoms with E-state index in [1.54, 1.807) is 28.7 Å². The van der Waals surface area contributed by atoms with Gasteiger partial charge in [-0.25, -0.2) is 8.78 Å². The van der Waals surface area contributed by atoms with Crippen molar-refractivity contribution in [2.24, 2.45) is 0 Å². The molecular weight excluding hydrogens is 305 g/mol. The van der Waals surface area contributed by atoms with Gasteiger partial charge in [-0.1, -0.05) is 0 Å². The largest absolute Gasteiger partial charge is 0.320 e. The van der Waals surface area contributed by atoms with Crippen molar-refractivity contribution >= 4 is 22.6 Å². The fourth-order valence-corrected chi connectivity index (χ4v) is 1.50. The number of pyridine rings is 1. The molecule has 0 atom stereocenters. The molecule has 0 aliphatic heterocycles. The molecule has 0 aromatic carbocycles. The molecule has 0 amide bonds. The molecule has 0 radical (unpaired) electrons. The molecular formula is C8H5F2IN2O. The molecule has 3 nitrogen and oxygen atoms in total. The highest BCUT2D eigenvalue weighted by Crippen LogP contribution is 2.20. The van der Waals surface area contributed by atoms with E-state index in [2.05, 4.69) is 4.98 Å². The lowest BCUT2D eigenvalue weighted by atomic mass is 10.1. The van der Waals surface area contributed by atoms with Gasteiger partial charge in [0.15, 0.2) is 0 Å². The smallest absolute Gasteiger partial charge is 0.278 e. The molecule has 1 heterocycles. The maximum Gasteiger partial charge on any atom is 0.278 e. The van der Waals surface area contributed by atoms with E-state index >= 15 is 0 Å². The van der Waals surface area contributed by atoms with Gasteiger partial charge < -0.3 is 4.98 Å². The van der Waals surface area contributed by atoms with Crippen LogP contribution in [0.25, 0.3) is 0 Å². The Bertz CT molecular complexity index is 436. The SMILES string of the molecule is N#CCc1cc(I)c(=O)[nH]c1C(F)F. The predicted molar refractivity (Wildman–Crippen MR) is 54.1 cm³/mol. The van der Waals surface area contributed by atoms with E-state index in [1.165, 1.54) is 6.07 Å². The summed E-state index contributed by atoms with van der Waals surface area (Å²) in [7, 11) is 0. The summed E-state index contributed by atoms with van der Waals surface area (Å²) in [6, 6.07) is 3.08. The van der Waals surface area contributed by atoms with E-state index in [0.29, 0.717) is 3.57 Å². The van der Waals surface area contributed by atoms with Crippen LogP contribution in [0.2, 0.25) is 0 Å². The normalized spacial score (nSPS) is 10.2. The topological polar surface area (TPSA) is 56.6 Å². The molecule has 1 aromatic rings. The van der Waals surface area contributed by atoms with Gasteiger partial charge in [-0.3, -0.25) is 4.79 Å². The molecule has 0 saturated carbocycles. The van der Waals surface area contributed by atoms with E-state index in [1.807, 2.05) is 0 Å². The van der Waals surface area contributed by atoms with Gasteiger partial charge in [0.25, 0.3) is 12.0 Å². The minimum atomic E-state index is -2.76. The third kappa shape index (κ3) is 2.29. The Morgan fingerprint density at radius 1 is 1.64 bits per heavy atom. The average Bonchev–Trinajstić information content (AvgIpc) is 2.11. The second kappa shape index (κ2) is 4.50. The lowest BCUT2D eigenvalue weighted by Crippen LogP contribution is -2.14. The van der Waals surface area contributed by atoms with Gasteiger partial charge in [0.05, 0.1) is 21.8 Å². The number of hydrogen-bond acceptors (Lipinski definition) is 2. The zero-order chi connectivity index (χ0) is 10.7. The summed E-state index contributed by atoms with van der Waals surface area (Å²) < 4.78 is 25.1. The second-order valence-electron chi connectivity index (χ2n) is 2.52. The van der Waals surface area contributed by atoms with Crippen LogP contribution in [0.1, 0.15) is 17.7 Å². The van der Waals surface area contributed by atoms with Crippen molar-refractivity contribution in [3.63, 3.8) is 0 Å². The first kappa shape index (κ1) is 11.1. The second-order valence-corrected chi connectivity index (χ2v) is 3.68. The van der Waals surface area contributed by atoms with E-state index in [9.17, 15) is 13.6 Å². The number of aromatic nitrogens is 1. The van der Waals surface area contributed by atoms with Crippen LogP contribution in [0, 0.1) is 14.9 Å². The summed E-state index contributed by atoms with van der Waals surface area (Å²) >= 11 is 1.73. The fraction of sp³-hybridized carbons (Fsp3) is 0.250. The fourth-order valence-electron chi connectivity index (χ4n) is 0.985. The average molecular weight is 310 g/mol. The van der Waals surface area contributed by atoms with Gasteiger partial charge in [0.1, 0.15) is 0 Å². The van der Waals surface area contributed by atoms with Crippen LogP contribution in [0.3, 0.4) is 0 Å². The van der Waals surface area contributed by atoms with E-state index < -0.39 is 17.7 Å². The van der Waals surface area contributed by atoms with Crippen LogP contribution in [-0.2, 0) is 6.42 Å². The van der Waals surface area contributed by atoms with Gasteiger partial charge in [-0.2, -0.15) is 5.26 Å². The van der Waals surface area contributed by atoms with Crippen LogP contribution in [-0.4, -0.2) is 4.98 Å². The van der Waals surface area contributed by atoms with Crippen molar-refractivity contribution in [3.8, 4) is 6.07 Å². The number of alkyl halides is 2. The molecule has 1 N–H and O–H groups in total. The first-order chi connectivity index (χ1) is 6.56. The molecule has 0 bridgehead atoms. The Hall–Kier alpha value is -0.970. The molecule has 14 heavy (non-hydrogen) atoms. The number of aromatic amines is 1. The monoisotopic (exact) mass is 310 g/mol. The summed E-state index contributed by atoms with van der Waals surface area (Å²) in [6.45, 7) is 0. The molecule has 74 valence electrons. The Balaban J connectivity index is 3.33. The number of rotatable bonds is 2. The number of hydrogen-bond donors (Lipinski definition) is 1. The van der Waals surface area contributed by atoms with Crippen molar-refractivity contribution < 1.29 is 8.78 Å². The lowest BCUT2D eigenvalue weighted by molar-refractivity contribution is 0.144. The Kier molecular flexibility index (Phi) is 3.57. The number of nitrogens with zero attached hydrogens (tertiary/aromatic N) is 1. The molecule has 0 aliphatic carbocycles. The van der Waals surface area contributed by atoms with Crippen molar-refractivity contribution in [2.75, 3.05) is 0 Å². The quantitative estimate of drug-likeness (QED) is 0.849.